The highest BCUT2D eigenvalue weighted by molar-refractivity contribution is 5.90. The van der Waals surface area contributed by atoms with Crippen LogP contribution in [0.2, 0.25) is 0 Å². The summed E-state index contributed by atoms with van der Waals surface area (Å²) in [7, 11) is 1.63. The fourth-order valence-electron chi connectivity index (χ4n) is 3.31. The molecule has 0 saturated carbocycles. The zero-order valence-corrected chi connectivity index (χ0v) is 14.7. The monoisotopic (exact) mass is 350 g/mol. The summed E-state index contributed by atoms with van der Waals surface area (Å²) in [6.45, 7) is 2.79. The first-order valence-corrected chi connectivity index (χ1v) is 8.63. The number of ether oxygens (including phenoxy) is 1. The minimum Gasteiger partial charge on any atom is -0.500 e. The normalized spacial score (nSPS) is 14.3. The summed E-state index contributed by atoms with van der Waals surface area (Å²) < 4.78 is 22.0. The van der Waals surface area contributed by atoms with Gasteiger partial charge in [0.2, 0.25) is 0 Å². The summed E-state index contributed by atoms with van der Waals surface area (Å²) in [5, 5.41) is 8.30. The van der Waals surface area contributed by atoms with Crippen molar-refractivity contribution in [2.45, 2.75) is 26.3 Å². The molecule has 0 fully saturated rings. The summed E-state index contributed by atoms with van der Waals surface area (Å²) >= 11 is 0. The molecule has 0 unspecified atom stereocenters. The molecule has 1 aliphatic carbocycles. The van der Waals surface area contributed by atoms with Crippen molar-refractivity contribution in [1.29, 1.82) is 0 Å². The van der Waals surface area contributed by atoms with E-state index >= 15 is 0 Å². The third-order valence-corrected chi connectivity index (χ3v) is 4.68. The van der Waals surface area contributed by atoms with E-state index in [1.807, 2.05) is 29.7 Å². The van der Waals surface area contributed by atoms with Crippen LogP contribution in [0.1, 0.15) is 25.3 Å². The lowest BCUT2D eigenvalue weighted by atomic mass is 9.94. The van der Waals surface area contributed by atoms with Gasteiger partial charge in [-0.3, -0.25) is 0 Å². The van der Waals surface area contributed by atoms with E-state index in [0.29, 0.717) is 5.56 Å². The molecular formula is C20H19FN4O. The lowest BCUT2D eigenvalue weighted by Crippen LogP contribution is -2.00. The fraction of sp³-hybridized carbons (Fsp3) is 0.250. The average Bonchev–Trinajstić information content (AvgIpc) is 3.12. The van der Waals surface area contributed by atoms with Crippen LogP contribution < -0.4 is 0 Å². The molecular weight excluding hydrogens is 331 g/mol. The van der Waals surface area contributed by atoms with Gasteiger partial charge in [-0.05, 0) is 31.0 Å². The number of aromatic nitrogens is 4. The zero-order valence-electron chi connectivity index (χ0n) is 14.7. The second-order valence-electron chi connectivity index (χ2n) is 6.14. The molecule has 3 aromatic rings. The fourth-order valence-corrected chi connectivity index (χ4v) is 3.31. The topological polar surface area (TPSA) is 52.8 Å². The number of imidazole rings is 1. The first kappa shape index (κ1) is 16.4. The molecule has 6 heteroatoms. The van der Waals surface area contributed by atoms with Crippen LogP contribution >= 0.6 is 0 Å². The Labute approximate surface area is 150 Å². The summed E-state index contributed by atoms with van der Waals surface area (Å²) in [4.78, 5) is 4.48. The Hall–Kier alpha value is -3.02. The van der Waals surface area contributed by atoms with Crippen LogP contribution in [0.15, 0.2) is 48.6 Å². The second kappa shape index (κ2) is 6.71. The molecule has 132 valence electrons. The summed E-state index contributed by atoms with van der Waals surface area (Å²) in [5.41, 5.74) is 4.49. The van der Waals surface area contributed by atoms with Crippen molar-refractivity contribution in [3.63, 3.8) is 0 Å². The minimum atomic E-state index is -0.276. The van der Waals surface area contributed by atoms with E-state index < -0.39 is 0 Å². The molecule has 0 N–H and O–H groups in total. The molecule has 1 aliphatic rings. The number of benzene rings is 1. The number of hydrogen-bond donors (Lipinski definition) is 0. The predicted octanol–water partition coefficient (Wildman–Crippen LogP) is 4.36. The van der Waals surface area contributed by atoms with Crippen molar-refractivity contribution in [3.8, 4) is 11.1 Å². The van der Waals surface area contributed by atoms with Crippen LogP contribution in [0.5, 0.6) is 0 Å². The van der Waals surface area contributed by atoms with Gasteiger partial charge >= 0.3 is 0 Å². The van der Waals surface area contributed by atoms with Gasteiger partial charge in [-0.25, -0.2) is 9.37 Å². The number of allylic oxidation sites excluding steroid dienone is 4. The number of fused-ring (bicyclic) bond motifs is 1. The SMILES string of the molecule is CCn1cnc2c(-c3ccc(F)c(C4=C(OC)CCC=C4)c3)cnnc21. The van der Waals surface area contributed by atoms with Crippen molar-refractivity contribution in [1.82, 2.24) is 19.7 Å². The molecule has 0 bridgehead atoms. The summed E-state index contributed by atoms with van der Waals surface area (Å²) in [5.74, 6) is 0.527. The maximum absolute atomic E-state index is 14.6. The maximum Gasteiger partial charge on any atom is 0.183 e. The van der Waals surface area contributed by atoms with Crippen LogP contribution in [-0.4, -0.2) is 26.9 Å². The van der Waals surface area contributed by atoms with Crippen LogP contribution in [0.3, 0.4) is 0 Å². The molecule has 0 radical (unpaired) electrons. The quantitative estimate of drug-likeness (QED) is 0.701. The Morgan fingerprint density at radius 1 is 1.27 bits per heavy atom. The van der Waals surface area contributed by atoms with Crippen molar-refractivity contribution < 1.29 is 9.13 Å². The largest absolute Gasteiger partial charge is 0.500 e. The number of halogens is 1. The molecule has 4 rings (SSSR count). The van der Waals surface area contributed by atoms with Gasteiger partial charge in [0.25, 0.3) is 0 Å². The zero-order chi connectivity index (χ0) is 18.1. The van der Waals surface area contributed by atoms with E-state index in [4.69, 9.17) is 4.74 Å². The molecule has 2 aromatic heterocycles. The Balaban J connectivity index is 1.89. The summed E-state index contributed by atoms with van der Waals surface area (Å²) in [6.07, 6.45) is 9.07. The molecule has 26 heavy (non-hydrogen) atoms. The minimum absolute atomic E-state index is 0.276. The lowest BCUT2D eigenvalue weighted by Gasteiger charge is -2.16. The molecule has 5 nitrogen and oxygen atoms in total. The average molecular weight is 350 g/mol. The highest BCUT2D eigenvalue weighted by Crippen LogP contribution is 2.33. The second-order valence-corrected chi connectivity index (χ2v) is 6.14. The van der Waals surface area contributed by atoms with Gasteiger partial charge in [-0.2, -0.15) is 5.10 Å². The van der Waals surface area contributed by atoms with Crippen LogP contribution in [0, 0.1) is 5.82 Å². The molecule has 2 heterocycles. The molecule has 0 aliphatic heterocycles. The number of rotatable bonds is 4. The van der Waals surface area contributed by atoms with Gasteiger partial charge in [0.1, 0.15) is 17.1 Å². The third-order valence-electron chi connectivity index (χ3n) is 4.68. The van der Waals surface area contributed by atoms with Gasteiger partial charge in [0.05, 0.1) is 19.6 Å². The van der Waals surface area contributed by atoms with Gasteiger partial charge in [0.15, 0.2) is 5.65 Å². The standard InChI is InChI=1S/C20H19FN4O/c1-3-25-12-22-19-16(11-23-24-20(19)25)13-8-9-17(21)15(10-13)14-6-4-5-7-18(14)26-2/h4,6,8-12H,3,5,7H2,1-2H3. The van der Waals surface area contributed by atoms with Crippen molar-refractivity contribution in [2.24, 2.45) is 0 Å². The maximum atomic E-state index is 14.6. The number of hydrogen-bond acceptors (Lipinski definition) is 4. The van der Waals surface area contributed by atoms with Gasteiger partial charge in [-0.1, -0.05) is 18.2 Å². The Kier molecular flexibility index (Phi) is 4.24. The number of nitrogens with zero attached hydrogens (tertiary/aromatic N) is 4. The highest BCUT2D eigenvalue weighted by atomic mass is 19.1. The molecule has 1 aromatic carbocycles. The van der Waals surface area contributed by atoms with Crippen molar-refractivity contribution in [2.75, 3.05) is 7.11 Å². The highest BCUT2D eigenvalue weighted by Gasteiger charge is 2.17. The molecule has 0 saturated heterocycles. The van der Waals surface area contributed by atoms with E-state index in [-0.39, 0.29) is 5.82 Å². The van der Waals surface area contributed by atoms with Crippen LogP contribution in [0.4, 0.5) is 4.39 Å². The number of methoxy groups -OCH3 is 1. The van der Waals surface area contributed by atoms with E-state index in [9.17, 15) is 4.39 Å². The van der Waals surface area contributed by atoms with E-state index in [1.165, 1.54) is 6.07 Å². The molecule has 0 spiro atoms. The van der Waals surface area contributed by atoms with Gasteiger partial charge in [-0.15, -0.1) is 5.10 Å². The van der Waals surface area contributed by atoms with E-state index in [0.717, 1.165) is 53.0 Å². The molecule has 0 amide bonds. The summed E-state index contributed by atoms with van der Waals surface area (Å²) in [6, 6.07) is 5.07. The van der Waals surface area contributed by atoms with Crippen LogP contribution in [-0.2, 0) is 11.3 Å². The third kappa shape index (κ3) is 2.67. The number of aryl methyl sites for hydroxylation is 1. The van der Waals surface area contributed by atoms with Crippen molar-refractivity contribution >= 4 is 16.7 Å². The first-order chi connectivity index (χ1) is 12.7. The van der Waals surface area contributed by atoms with Crippen molar-refractivity contribution in [3.05, 3.63) is 60.0 Å². The Morgan fingerprint density at radius 3 is 2.96 bits per heavy atom. The lowest BCUT2D eigenvalue weighted by molar-refractivity contribution is 0.279. The van der Waals surface area contributed by atoms with E-state index in [1.54, 1.807) is 25.7 Å². The first-order valence-electron chi connectivity index (χ1n) is 8.63. The Bertz CT molecular complexity index is 1040. The van der Waals surface area contributed by atoms with E-state index in [2.05, 4.69) is 15.2 Å². The molecule has 0 atom stereocenters. The van der Waals surface area contributed by atoms with Crippen LogP contribution in [0.25, 0.3) is 27.9 Å². The van der Waals surface area contributed by atoms with Gasteiger partial charge in [0, 0.05) is 29.7 Å². The predicted molar refractivity (Wildman–Crippen MR) is 98.7 cm³/mol. The smallest absolute Gasteiger partial charge is 0.183 e. The van der Waals surface area contributed by atoms with Gasteiger partial charge < -0.3 is 9.30 Å². The Morgan fingerprint density at radius 2 is 2.15 bits per heavy atom.